The van der Waals surface area contributed by atoms with Crippen molar-refractivity contribution in [2.45, 2.75) is 58.0 Å². The molecule has 1 aliphatic heterocycles. The molecule has 0 aromatic rings. The maximum atomic E-state index is 12.5. The molecule has 0 amide bonds. The van der Waals surface area contributed by atoms with Gasteiger partial charge in [-0.2, -0.15) is 0 Å². The Bertz CT molecular complexity index is 692. The molecule has 2 bridgehead atoms. The Morgan fingerprint density at radius 1 is 1.20 bits per heavy atom. The van der Waals surface area contributed by atoms with Gasteiger partial charge in [-0.05, 0) is 35.8 Å². The SMILES string of the molecule is COP(=O)(CC1=CC(=O)[C@@H]2OC3(CC4CCC3(C)C4(C)C)O[C@H]12)OC. The molecule has 6 nitrogen and oxygen atoms in total. The number of hydrogen-bond acceptors (Lipinski definition) is 6. The summed E-state index contributed by atoms with van der Waals surface area (Å²) in [5.41, 5.74) is 0.627. The molecule has 140 valence electrons. The molecule has 0 aromatic carbocycles. The van der Waals surface area contributed by atoms with Crippen LogP contribution >= 0.6 is 7.60 Å². The zero-order valence-electron chi connectivity index (χ0n) is 15.5. The van der Waals surface area contributed by atoms with Crippen LogP contribution in [-0.4, -0.2) is 44.2 Å². The number of rotatable bonds is 4. The maximum absolute atomic E-state index is 12.5. The van der Waals surface area contributed by atoms with Crippen molar-refractivity contribution in [1.29, 1.82) is 0 Å². The molecule has 3 aliphatic carbocycles. The molecule has 5 atom stereocenters. The number of carbonyl (C=O) groups excluding carboxylic acids is 1. The first-order chi connectivity index (χ1) is 11.6. The topological polar surface area (TPSA) is 71.1 Å². The maximum Gasteiger partial charge on any atom is 0.334 e. The third-order valence-electron chi connectivity index (χ3n) is 7.61. The predicted octanol–water partition coefficient (Wildman–Crippen LogP) is 3.31. The van der Waals surface area contributed by atoms with Gasteiger partial charge in [0, 0.05) is 26.1 Å². The molecule has 2 saturated carbocycles. The molecule has 4 rings (SSSR count). The fourth-order valence-electron chi connectivity index (χ4n) is 5.49. The van der Waals surface area contributed by atoms with Crippen molar-refractivity contribution in [2.75, 3.05) is 20.4 Å². The minimum atomic E-state index is -3.26. The smallest absolute Gasteiger partial charge is 0.334 e. The lowest BCUT2D eigenvalue weighted by Crippen LogP contribution is -2.49. The van der Waals surface area contributed by atoms with E-state index >= 15 is 0 Å². The van der Waals surface area contributed by atoms with E-state index in [-0.39, 0.29) is 22.8 Å². The highest BCUT2D eigenvalue weighted by Crippen LogP contribution is 2.73. The van der Waals surface area contributed by atoms with Crippen molar-refractivity contribution < 1.29 is 27.9 Å². The summed E-state index contributed by atoms with van der Waals surface area (Å²) < 4.78 is 35.4. The molecule has 0 radical (unpaired) electrons. The van der Waals surface area contributed by atoms with Crippen LogP contribution in [0, 0.1) is 16.7 Å². The van der Waals surface area contributed by atoms with E-state index in [1.165, 1.54) is 26.7 Å². The zero-order chi connectivity index (χ0) is 18.3. The Morgan fingerprint density at radius 2 is 1.84 bits per heavy atom. The van der Waals surface area contributed by atoms with Crippen LogP contribution in [0.25, 0.3) is 0 Å². The van der Waals surface area contributed by atoms with Gasteiger partial charge in [0.15, 0.2) is 17.7 Å². The second-order valence-electron chi connectivity index (χ2n) is 8.58. The van der Waals surface area contributed by atoms with Crippen LogP contribution in [0.2, 0.25) is 0 Å². The predicted molar refractivity (Wildman–Crippen MR) is 91.3 cm³/mol. The highest BCUT2D eigenvalue weighted by Gasteiger charge is 2.74. The summed E-state index contributed by atoms with van der Waals surface area (Å²) in [6, 6.07) is 0. The molecule has 3 unspecified atom stereocenters. The van der Waals surface area contributed by atoms with E-state index in [0.717, 1.165) is 12.8 Å². The molecule has 1 saturated heterocycles. The van der Waals surface area contributed by atoms with Crippen LogP contribution < -0.4 is 0 Å². The van der Waals surface area contributed by atoms with Crippen LogP contribution in [0.1, 0.15) is 40.0 Å². The molecule has 7 heteroatoms. The zero-order valence-corrected chi connectivity index (χ0v) is 16.4. The first kappa shape index (κ1) is 17.9. The molecule has 25 heavy (non-hydrogen) atoms. The summed E-state index contributed by atoms with van der Waals surface area (Å²) in [6.45, 7) is 6.79. The summed E-state index contributed by atoms with van der Waals surface area (Å²) in [7, 11) is -0.555. The van der Waals surface area contributed by atoms with Crippen molar-refractivity contribution >= 4 is 13.4 Å². The Balaban J connectivity index is 1.63. The Kier molecular flexibility index (Phi) is 3.76. The van der Waals surface area contributed by atoms with Gasteiger partial charge in [-0.3, -0.25) is 9.36 Å². The van der Waals surface area contributed by atoms with E-state index in [1.54, 1.807) is 0 Å². The van der Waals surface area contributed by atoms with Crippen LogP contribution in [0.4, 0.5) is 0 Å². The number of ketones is 1. The fraction of sp³-hybridized carbons (Fsp3) is 0.833. The Hall–Kier alpha value is -0.520. The van der Waals surface area contributed by atoms with Crippen molar-refractivity contribution in [3.8, 4) is 0 Å². The normalized spacial score (nSPS) is 44.6. The fourth-order valence-corrected chi connectivity index (χ4v) is 6.62. The number of ether oxygens (including phenoxy) is 2. The Labute approximate surface area is 148 Å². The standard InChI is InChI=1S/C18H27O6P/c1-16(2)12-6-7-17(16,3)18(9-12)23-14-11(8-13(19)15(14)24-18)10-25(20,21-4)22-5/h8,12,14-15H,6-7,9-10H2,1-5H3/t12?,14-,15+,17?,18?/m1/s1. The van der Waals surface area contributed by atoms with Gasteiger partial charge in [-0.25, -0.2) is 0 Å². The number of hydrogen-bond donors (Lipinski definition) is 0. The largest absolute Gasteiger partial charge is 0.338 e. The molecule has 0 aromatic heterocycles. The highest BCUT2D eigenvalue weighted by atomic mass is 31.2. The van der Waals surface area contributed by atoms with Crippen molar-refractivity contribution in [2.24, 2.45) is 16.7 Å². The van der Waals surface area contributed by atoms with Gasteiger partial charge in [0.25, 0.3) is 0 Å². The van der Waals surface area contributed by atoms with Crippen molar-refractivity contribution in [1.82, 2.24) is 0 Å². The van der Waals surface area contributed by atoms with Gasteiger partial charge in [-0.1, -0.05) is 20.8 Å². The summed E-state index contributed by atoms with van der Waals surface area (Å²) in [4.78, 5) is 12.5. The molecular weight excluding hydrogens is 343 g/mol. The lowest BCUT2D eigenvalue weighted by Gasteiger charge is -2.45. The van der Waals surface area contributed by atoms with E-state index in [0.29, 0.717) is 11.5 Å². The first-order valence-corrected chi connectivity index (χ1v) is 10.6. The van der Waals surface area contributed by atoms with E-state index in [9.17, 15) is 9.36 Å². The van der Waals surface area contributed by atoms with Gasteiger partial charge < -0.3 is 18.5 Å². The molecule has 0 N–H and O–H groups in total. The monoisotopic (exact) mass is 370 g/mol. The summed E-state index contributed by atoms with van der Waals surface area (Å²) in [5, 5.41) is 0. The molecule has 1 heterocycles. The summed E-state index contributed by atoms with van der Waals surface area (Å²) in [6.07, 6.45) is 3.44. The van der Waals surface area contributed by atoms with Gasteiger partial charge in [0.2, 0.25) is 0 Å². The third kappa shape index (κ3) is 2.12. The lowest BCUT2D eigenvalue weighted by atomic mass is 9.68. The molecule has 3 fully saturated rings. The average Bonchev–Trinajstić information content (AvgIpc) is 3.19. The number of fused-ring (bicyclic) bond motifs is 4. The van der Waals surface area contributed by atoms with E-state index in [1.807, 2.05) is 0 Å². The quantitative estimate of drug-likeness (QED) is 0.707. The lowest BCUT2D eigenvalue weighted by molar-refractivity contribution is -0.248. The van der Waals surface area contributed by atoms with Crippen molar-refractivity contribution in [3.05, 3.63) is 11.6 Å². The van der Waals surface area contributed by atoms with Crippen molar-refractivity contribution in [3.63, 3.8) is 0 Å². The highest BCUT2D eigenvalue weighted by molar-refractivity contribution is 7.54. The van der Waals surface area contributed by atoms with Crippen LogP contribution in [0.5, 0.6) is 0 Å². The average molecular weight is 370 g/mol. The van der Waals surface area contributed by atoms with Gasteiger partial charge >= 0.3 is 7.60 Å². The summed E-state index contributed by atoms with van der Waals surface area (Å²) >= 11 is 0. The van der Waals surface area contributed by atoms with E-state index < -0.39 is 25.6 Å². The number of carbonyl (C=O) groups is 1. The van der Waals surface area contributed by atoms with Gasteiger partial charge in [0.1, 0.15) is 6.10 Å². The molecular formula is C18H27O6P. The van der Waals surface area contributed by atoms with Crippen LogP contribution in [0.3, 0.4) is 0 Å². The minimum absolute atomic E-state index is 0.0515. The second-order valence-corrected chi connectivity index (χ2v) is 10.8. The van der Waals surface area contributed by atoms with Crippen LogP contribution in [0.15, 0.2) is 11.6 Å². The van der Waals surface area contributed by atoms with E-state index in [2.05, 4.69) is 20.8 Å². The summed E-state index contributed by atoms with van der Waals surface area (Å²) in [5.74, 6) is -0.309. The second kappa shape index (κ2) is 5.26. The Morgan fingerprint density at radius 3 is 2.36 bits per heavy atom. The third-order valence-corrected chi connectivity index (χ3v) is 9.47. The minimum Gasteiger partial charge on any atom is -0.338 e. The van der Waals surface area contributed by atoms with Gasteiger partial charge in [0.05, 0.1) is 6.16 Å². The first-order valence-electron chi connectivity index (χ1n) is 8.92. The molecule has 4 aliphatic rings. The van der Waals surface area contributed by atoms with Crippen LogP contribution in [-0.2, 0) is 27.9 Å². The molecule has 1 spiro atoms. The van der Waals surface area contributed by atoms with E-state index in [4.69, 9.17) is 18.5 Å². The van der Waals surface area contributed by atoms with Gasteiger partial charge in [-0.15, -0.1) is 0 Å².